The summed E-state index contributed by atoms with van der Waals surface area (Å²) in [5.41, 5.74) is 5.33. The topological polar surface area (TPSA) is 147 Å². The van der Waals surface area contributed by atoms with Crippen molar-refractivity contribution in [2.75, 3.05) is 91.8 Å². The number of fused-ring (bicyclic) bond motifs is 4. The molecule has 7 fully saturated rings. The van der Waals surface area contributed by atoms with Gasteiger partial charge in [-0.25, -0.2) is 0 Å². The van der Waals surface area contributed by atoms with Gasteiger partial charge in [0, 0.05) is 102 Å². The molecule has 7 aliphatic heterocycles. The summed E-state index contributed by atoms with van der Waals surface area (Å²) in [5, 5.41) is 16.5. The number of nitrogens with zero attached hydrogens (tertiary/aromatic N) is 5. The minimum Gasteiger partial charge on any atom is -1.00 e. The average molecular weight is 1280 g/mol. The summed E-state index contributed by atoms with van der Waals surface area (Å²) < 4.78 is 9.74. The van der Waals surface area contributed by atoms with Crippen LogP contribution in [-0.4, -0.2) is 192 Å². The van der Waals surface area contributed by atoms with Crippen LogP contribution >= 0.6 is 40.7 Å². The van der Waals surface area contributed by atoms with Crippen molar-refractivity contribution in [3.05, 3.63) is 144 Å². The first-order valence-corrected chi connectivity index (χ1v) is 31.1. The predicted molar refractivity (Wildman–Crippen MR) is 349 cm³/mol. The number of piperidine rings is 3. The van der Waals surface area contributed by atoms with Crippen LogP contribution in [0, 0.1) is 0 Å². The van der Waals surface area contributed by atoms with Crippen LogP contribution in [0.15, 0.2) is 121 Å². The molecule has 19 heteroatoms. The molecule has 14 nitrogen and oxygen atoms in total. The van der Waals surface area contributed by atoms with Gasteiger partial charge in [-0.3, -0.25) is 33.9 Å². The van der Waals surface area contributed by atoms with E-state index < -0.39 is 0 Å². The van der Waals surface area contributed by atoms with Crippen LogP contribution in [0.25, 0.3) is 0 Å². The first kappa shape index (κ1) is 77.1. The van der Waals surface area contributed by atoms with Gasteiger partial charge in [0.1, 0.15) is 5.78 Å². The fraction of sp³-hybridized carbons (Fsp3) is 0.569. The Morgan fingerprint density at radius 2 is 1.10 bits per heavy atom. The molecule has 7 heterocycles. The Kier molecular flexibility index (Phi) is 41.6. The Labute approximate surface area is 548 Å². The van der Waals surface area contributed by atoms with E-state index in [2.05, 4.69) is 124 Å². The van der Waals surface area contributed by atoms with Crippen molar-refractivity contribution in [2.45, 2.75) is 146 Å². The molecule has 0 aromatic heterocycles. The number of carbonyl (C=O) groups is 4. The standard InChI is InChI=1S/C16H21NO3.C14H21NO.C13H18N2.C9H15NO3.C7H7Br.C6H12N2.Al.2ClH.Li.4H/c1-2-20-16(19)11-14-15(18)9-6-10-17(14)12-13-7-4-3-5-8-13;16-11-9-14-8-4-5-10-15(14)12-13-6-2-1-3-7-13;1-2-4-12(5-3-1)10-15-9-8-14-7-6-13(15)11-14;1-2-13-9(12)6-7-8(11)4-3-5-10-7;8-6-7-4-2-1-3-5-7;1-3-8-4-2-7-6(1)5-8;;;;;;;;/h3-5,7-8,14H,2,6,9-12H2,1H3;1-3,6-7,14,16H,4-5,8-12H2;1-5,13H,6-11H2;7,10H,2-6H2,1H3;1-5H,6H2;6-7H,1-5H2;;2*1H;;;;;/q;;;;;;;;;+1;;;;-1. The van der Waals surface area contributed by atoms with E-state index in [1.165, 1.54) is 108 Å². The van der Waals surface area contributed by atoms with Crippen molar-refractivity contribution in [3.8, 4) is 0 Å². The van der Waals surface area contributed by atoms with E-state index in [0.717, 1.165) is 68.4 Å². The zero-order valence-electron chi connectivity index (χ0n) is 51.0. The third-order valence-corrected chi connectivity index (χ3v) is 16.5. The molecule has 7 unspecified atom stereocenters. The fourth-order valence-corrected chi connectivity index (χ4v) is 11.9. The molecule has 7 saturated heterocycles. The quantitative estimate of drug-likeness (QED) is 0.0788. The zero-order valence-corrected chi connectivity index (χ0v) is 53.2. The Morgan fingerprint density at radius 1 is 0.571 bits per heavy atom. The van der Waals surface area contributed by atoms with Gasteiger partial charge in [-0.1, -0.05) is 144 Å². The smallest absolute Gasteiger partial charge is 1.00 e. The van der Waals surface area contributed by atoms with Gasteiger partial charge >= 0.3 is 30.8 Å². The van der Waals surface area contributed by atoms with Crippen molar-refractivity contribution in [1.29, 1.82) is 0 Å². The number of ketones is 2. The number of piperazine rings is 2. The van der Waals surface area contributed by atoms with E-state index >= 15 is 0 Å². The van der Waals surface area contributed by atoms with Crippen LogP contribution in [0.1, 0.15) is 115 Å². The van der Waals surface area contributed by atoms with Crippen molar-refractivity contribution in [1.82, 2.24) is 35.1 Å². The Hall–Kier alpha value is -2.97. The summed E-state index contributed by atoms with van der Waals surface area (Å²) in [6.07, 6.45) is 10.7. The first-order valence-electron chi connectivity index (χ1n) is 30.0. The van der Waals surface area contributed by atoms with Crippen molar-refractivity contribution >= 4 is 81.6 Å². The van der Waals surface area contributed by atoms with Crippen LogP contribution in [0.4, 0.5) is 0 Å². The number of esters is 2. The van der Waals surface area contributed by atoms with Gasteiger partial charge in [-0.2, -0.15) is 0 Å². The summed E-state index contributed by atoms with van der Waals surface area (Å²) in [5.74, 6) is -0.305. The van der Waals surface area contributed by atoms with Crippen molar-refractivity contribution in [3.63, 3.8) is 0 Å². The number of rotatable bonds is 15. The molecule has 4 aromatic rings. The molecule has 84 heavy (non-hydrogen) atoms. The Balaban J connectivity index is 0.000000516. The van der Waals surface area contributed by atoms with E-state index in [0.29, 0.717) is 45.2 Å². The van der Waals surface area contributed by atoms with Crippen LogP contribution < -0.4 is 29.5 Å². The molecule has 0 amide bonds. The zero-order chi connectivity index (χ0) is 56.6. The second-order valence-corrected chi connectivity index (χ2v) is 22.4. The number of hydrogen-bond acceptors (Lipinski definition) is 14. The molecule has 0 saturated carbocycles. The molecule has 4 bridgehead atoms. The number of carbonyl (C=O) groups excluding carboxylic acids is 4. The normalized spacial score (nSPS) is 23.1. The third-order valence-electron chi connectivity index (χ3n) is 15.9. The minimum atomic E-state index is -0.331. The summed E-state index contributed by atoms with van der Waals surface area (Å²) in [6.45, 7) is 20.6. The molecule has 3 N–H and O–H groups in total. The third kappa shape index (κ3) is 28.9. The minimum absolute atomic E-state index is 0. The van der Waals surface area contributed by atoms with Gasteiger partial charge in [0.15, 0.2) is 23.1 Å². The molecule has 0 radical (unpaired) electrons. The van der Waals surface area contributed by atoms with Crippen molar-refractivity contribution in [2.24, 2.45) is 0 Å². The largest absolute Gasteiger partial charge is 1.00 e. The van der Waals surface area contributed by atoms with Gasteiger partial charge in [0.2, 0.25) is 0 Å². The van der Waals surface area contributed by atoms with Gasteiger partial charge in [0.05, 0.1) is 38.1 Å². The van der Waals surface area contributed by atoms with Gasteiger partial charge in [-0.15, -0.1) is 24.8 Å². The molecule has 0 aliphatic carbocycles. The molecule has 0 spiro atoms. The van der Waals surface area contributed by atoms with E-state index in [-0.39, 0.29) is 111 Å². The molecule has 11 rings (SSSR count). The summed E-state index contributed by atoms with van der Waals surface area (Å²) in [6, 6.07) is 43.4. The van der Waals surface area contributed by atoms with Gasteiger partial charge in [-0.05, 0) is 114 Å². The number of halogens is 3. The second-order valence-electron chi connectivity index (χ2n) is 21.8. The number of ether oxygens (including phenoxy) is 2. The van der Waals surface area contributed by atoms with Crippen molar-refractivity contribution < 1.29 is 54.0 Å². The number of benzene rings is 4. The number of Topliss-reactive ketones (excluding diaryl/α,β-unsaturated/α-hetero) is 2. The number of hydrogen-bond donors (Lipinski definition) is 3. The van der Waals surface area contributed by atoms with E-state index in [9.17, 15) is 19.2 Å². The second kappa shape index (κ2) is 45.3. The summed E-state index contributed by atoms with van der Waals surface area (Å²) >= 11 is 3.36. The molecule has 462 valence electrons. The Bertz CT molecular complexity index is 2360. The maximum Gasteiger partial charge on any atom is 1.00 e. The molecule has 4 aromatic carbocycles. The molecule has 7 atom stereocenters. The molecular formula is C65H100AlBrCl2LiN7O7. The van der Waals surface area contributed by atoms with Crippen LogP contribution in [-0.2, 0) is 53.6 Å². The number of nitrogens with one attached hydrogen (secondary N) is 2. The summed E-state index contributed by atoms with van der Waals surface area (Å²) in [4.78, 5) is 58.4. The SMILES string of the molecule is BrCc1ccccc1.C1CN2CCC(C2)N1.CCOC(=O)CC1C(=O)CCCN1Cc1ccccc1.CCOC(=O)CC1NCCCC1=O.Cl.Cl.OCCC1CCCCN1Cc1ccccc1.[AlH3].[H-].[Li+].c1ccc(CN2CCN3CCC2C3)cc1. The van der Waals surface area contributed by atoms with Crippen LogP contribution in [0.3, 0.4) is 0 Å². The maximum atomic E-state index is 12.1. The molecular weight excluding hydrogens is 1180 g/mol. The van der Waals surface area contributed by atoms with Gasteiger partial charge < -0.3 is 36.4 Å². The maximum absolute atomic E-state index is 12.1. The summed E-state index contributed by atoms with van der Waals surface area (Å²) in [7, 11) is 0. The number of likely N-dealkylation sites (tertiary alicyclic amines) is 2. The van der Waals surface area contributed by atoms with Gasteiger partial charge in [0.25, 0.3) is 0 Å². The van der Waals surface area contributed by atoms with E-state index in [1.807, 2.05) is 48.5 Å². The van der Waals surface area contributed by atoms with E-state index in [4.69, 9.17) is 14.6 Å². The van der Waals surface area contributed by atoms with Crippen LogP contribution in [0.2, 0.25) is 0 Å². The van der Waals surface area contributed by atoms with Crippen LogP contribution in [0.5, 0.6) is 0 Å². The molecule has 7 aliphatic rings. The fourth-order valence-electron chi connectivity index (χ4n) is 11.6. The number of aliphatic hydroxyl groups excluding tert-OH is 1. The predicted octanol–water partition coefficient (Wildman–Crippen LogP) is 5.46. The van der Waals surface area contributed by atoms with E-state index in [1.54, 1.807) is 13.8 Å². The number of aliphatic hydroxyl groups is 1. The monoisotopic (exact) mass is 1270 g/mol. The first-order chi connectivity index (χ1) is 39.1. The Morgan fingerprint density at radius 3 is 1.63 bits per heavy atom. The average Bonchev–Trinajstić information content (AvgIpc) is 4.33. The number of alkyl halides is 1.